The zero-order chi connectivity index (χ0) is 13.9. The van der Waals surface area contributed by atoms with E-state index < -0.39 is 5.41 Å². The molecule has 0 aliphatic carbocycles. The molecule has 0 aliphatic rings. The van der Waals surface area contributed by atoms with Crippen molar-refractivity contribution < 1.29 is 14.6 Å². The fourth-order valence-electron chi connectivity index (χ4n) is 1.65. The number of benzene rings is 1. The van der Waals surface area contributed by atoms with Gasteiger partial charge in [0.25, 0.3) is 0 Å². The minimum Gasteiger partial charge on any atom is -0.504 e. The Kier molecular flexibility index (Phi) is 4.79. The van der Waals surface area contributed by atoms with Crippen LogP contribution in [0.15, 0.2) is 18.2 Å². The Balaban J connectivity index is 2.89. The highest BCUT2D eigenvalue weighted by atomic mass is 79.9. The highest BCUT2D eigenvalue weighted by Crippen LogP contribution is 2.32. The molecule has 0 fully saturated rings. The molecule has 0 radical (unpaired) electrons. The number of Topliss-reactive ketones (excluding diaryl/α,β-unsaturated/α-hetero) is 1. The molecule has 100 valence electrons. The van der Waals surface area contributed by atoms with Crippen LogP contribution >= 0.6 is 15.9 Å². The number of carbonyl (C=O) groups is 1. The standard InChI is InChI=1S/C14H19BrO3/c1-14(2,3)13(17)10(15)8-9-6-5-7-11(18-4)12(9)16/h5-7,10,16H,8H2,1-4H3. The summed E-state index contributed by atoms with van der Waals surface area (Å²) in [6.45, 7) is 5.65. The Bertz CT molecular complexity index is 435. The molecule has 0 saturated heterocycles. The zero-order valence-electron chi connectivity index (χ0n) is 11.2. The Morgan fingerprint density at radius 1 is 1.44 bits per heavy atom. The third kappa shape index (κ3) is 3.48. The minimum absolute atomic E-state index is 0.103. The first-order chi connectivity index (χ1) is 8.27. The SMILES string of the molecule is COc1cccc(CC(Br)C(=O)C(C)(C)C)c1O. The third-order valence-corrected chi connectivity index (χ3v) is 3.46. The Morgan fingerprint density at radius 2 is 2.06 bits per heavy atom. The zero-order valence-corrected chi connectivity index (χ0v) is 12.7. The van der Waals surface area contributed by atoms with Crippen LogP contribution in [-0.2, 0) is 11.2 Å². The molecule has 1 atom stereocenters. The van der Waals surface area contributed by atoms with Crippen LogP contribution in [0.1, 0.15) is 26.3 Å². The summed E-state index contributed by atoms with van der Waals surface area (Å²) in [5, 5.41) is 9.97. The first kappa shape index (κ1) is 15.0. The quantitative estimate of drug-likeness (QED) is 0.867. The molecule has 0 bridgehead atoms. The monoisotopic (exact) mass is 314 g/mol. The average Bonchev–Trinajstić information content (AvgIpc) is 2.29. The molecule has 1 N–H and O–H groups in total. The van der Waals surface area contributed by atoms with Gasteiger partial charge in [-0.2, -0.15) is 0 Å². The second-order valence-corrected chi connectivity index (χ2v) is 6.36. The van der Waals surface area contributed by atoms with E-state index in [0.717, 1.165) is 0 Å². The van der Waals surface area contributed by atoms with Gasteiger partial charge >= 0.3 is 0 Å². The van der Waals surface area contributed by atoms with Crippen LogP contribution in [-0.4, -0.2) is 22.8 Å². The van der Waals surface area contributed by atoms with Gasteiger partial charge < -0.3 is 9.84 Å². The van der Waals surface area contributed by atoms with Gasteiger partial charge in [0.1, 0.15) is 0 Å². The maximum Gasteiger partial charge on any atom is 0.160 e. The number of ether oxygens (including phenoxy) is 1. The van der Waals surface area contributed by atoms with Crippen molar-refractivity contribution in [2.75, 3.05) is 7.11 Å². The number of alkyl halides is 1. The number of para-hydroxylation sites is 1. The van der Waals surface area contributed by atoms with E-state index in [4.69, 9.17) is 4.74 Å². The van der Waals surface area contributed by atoms with Gasteiger partial charge in [0.05, 0.1) is 11.9 Å². The third-order valence-electron chi connectivity index (χ3n) is 2.73. The highest BCUT2D eigenvalue weighted by Gasteiger charge is 2.28. The van der Waals surface area contributed by atoms with Crippen LogP contribution in [0.3, 0.4) is 0 Å². The lowest BCUT2D eigenvalue weighted by atomic mass is 9.87. The molecule has 1 aromatic rings. The van der Waals surface area contributed by atoms with E-state index in [1.54, 1.807) is 18.2 Å². The summed E-state index contributed by atoms with van der Waals surface area (Å²) in [7, 11) is 1.50. The van der Waals surface area contributed by atoms with Gasteiger partial charge in [0.2, 0.25) is 0 Å². The maximum absolute atomic E-state index is 12.1. The van der Waals surface area contributed by atoms with Gasteiger partial charge in [-0.3, -0.25) is 4.79 Å². The molecular formula is C14H19BrO3. The summed E-state index contributed by atoms with van der Waals surface area (Å²) in [4.78, 5) is 11.8. The molecule has 3 nitrogen and oxygen atoms in total. The van der Waals surface area contributed by atoms with Crippen molar-refractivity contribution >= 4 is 21.7 Å². The number of rotatable bonds is 4. The van der Waals surface area contributed by atoms with Gasteiger partial charge in [-0.1, -0.05) is 48.8 Å². The Labute approximate surface area is 116 Å². The highest BCUT2D eigenvalue weighted by molar-refractivity contribution is 9.10. The summed E-state index contributed by atoms with van der Waals surface area (Å²) in [6.07, 6.45) is 0.444. The Hall–Kier alpha value is -1.03. The topological polar surface area (TPSA) is 46.5 Å². The van der Waals surface area contributed by atoms with Crippen molar-refractivity contribution in [1.29, 1.82) is 0 Å². The molecule has 1 aromatic carbocycles. The van der Waals surface area contributed by atoms with E-state index >= 15 is 0 Å². The summed E-state index contributed by atoms with van der Waals surface area (Å²) < 4.78 is 5.04. The molecule has 1 unspecified atom stereocenters. The summed E-state index contributed by atoms with van der Waals surface area (Å²) in [5.74, 6) is 0.645. The number of carbonyl (C=O) groups excluding carboxylic acids is 1. The Morgan fingerprint density at radius 3 is 2.56 bits per heavy atom. The number of hydrogen-bond acceptors (Lipinski definition) is 3. The molecule has 4 heteroatoms. The summed E-state index contributed by atoms with van der Waals surface area (Å²) in [6, 6.07) is 5.28. The number of aromatic hydroxyl groups is 1. The van der Waals surface area contributed by atoms with Gasteiger partial charge in [0.15, 0.2) is 17.3 Å². The molecule has 0 saturated carbocycles. The first-order valence-electron chi connectivity index (χ1n) is 5.80. The lowest BCUT2D eigenvalue weighted by Gasteiger charge is -2.21. The molecule has 0 heterocycles. The van der Waals surface area contributed by atoms with Crippen molar-refractivity contribution in [3.05, 3.63) is 23.8 Å². The summed E-state index contributed by atoms with van der Waals surface area (Å²) in [5.41, 5.74) is 0.302. The number of phenolic OH excluding ortho intramolecular Hbond substituents is 1. The first-order valence-corrected chi connectivity index (χ1v) is 6.72. The van der Waals surface area contributed by atoms with Crippen molar-refractivity contribution in [1.82, 2.24) is 0 Å². The molecule has 0 aromatic heterocycles. The largest absolute Gasteiger partial charge is 0.504 e. The molecular weight excluding hydrogens is 296 g/mol. The van der Waals surface area contributed by atoms with Gasteiger partial charge in [-0.15, -0.1) is 0 Å². The lowest BCUT2D eigenvalue weighted by Crippen LogP contribution is -2.30. The van der Waals surface area contributed by atoms with E-state index in [2.05, 4.69) is 15.9 Å². The smallest absolute Gasteiger partial charge is 0.160 e. The van der Waals surface area contributed by atoms with Crippen LogP contribution in [0.2, 0.25) is 0 Å². The fourth-order valence-corrected chi connectivity index (χ4v) is 2.69. The average molecular weight is 315 g/mol. The van der Waals surface area contributed by atoms with Crippen molar-refractivity contribution in [3.63, 3.8) is 0 Å². The molecule has 1 rings (SSSR count). The molecule has 0 spiro atoms. The van der Waals surface area contributed by atoms with E-state index in [1.165, 1.54) is 7.11 Å². The second kappa shape index (κ2) is 5.74. The number of halogens is 1. The predicted octanol–water partition coefficient (Wildman–Crippen LogP) is 3.32. The van der Waals surface area contributed by atoms with Gasteiger partial charge in [0, 0.05) is 5.41 Å². The summed E-state index contributed by atoms with van der Waals surface area (Å²) >= 11 is 3.39. The maximum atomic E-state index is 12.1. The van der Waals surface area contributed by atoms with Crippen LogP contribution < -0.4 is 4.74 Å². The van der Waals surface area contributed by atoms with E-state index in [1.807, 2.05) is 20.8 Å². The molecule has 18 heavy (non-hydrogen) atoms. The molecule has 0 amide bonds. The van der Waals surface area contributed by atoms with Crippen LogP contribution in [0.25, 0.3) is 0 Å². The van der Waals surface area contributed by atoms with Crippen LogP contribution in [0.4, 0.5) is 0 Å². The number of phenols is 1. The van der Waals surface area contributed by atoms with Crippen molar-refractivity contribution in [2.24, 2.45) is 5.41 Å². The molecule has 0 aliphatic heterocycles. The van der Waals surface area contributed by atoms with Crippen LogP contribution in [0.5, 0.6) is 11.5 Å². The minimum atomic E-state index is -0.400. The van der Waals surface area contributed by atoms with Gasteiger partial charge in [-0.25, -0.2) is 0 Å². The fraction of sp³-hybridized carbons (Fsp3) is 0.500. The van der Waals surface area contributed by atoms with Gasteiger partial charge in [-0.05, 0) is 18.1 Å². The predicted molar refractivity (Wildman–Crippen MR) is 75.5 cm³/mol. The number of hydrogen-bond donors (Lipinski definition) is 1. The lowest BCUT2D eigenvalue weighted by molar-refractivity contribution is -0.125. The second-order valence-electron chi connectivity index (χ2n) is 5.25. The number of methoxy groups -OCH3 is 1. The van der Waals surface area contributed by atoms with Crippen molar-refractivity contribution in [3.8, 4) is 11.5 Å². The van der Waals surface area contributed by atoms with E-state index in [9.17, 15) is 9.90 Å². The normalized spacial score (nSPS) is 13.2. The van der Waals surface area contributed by atoms with E-state index in [-0.39, 0.29) is 16.4 Å². The van der Waals surface area contributed by atoms with Crippen LogP contribution in [0, 0.1) is 5.41 Å². The number of ketones is 1. The van der Waals surface area contributed by atoms with E-state index in [0.29, 0.717) is 17.7 Å². The van der Waals surface area contributed by atoms with Crippen molar-refractivity contribution in [2.45, 2.75) is 32.0 Å².